The first-order chi connectivity index (χ1) is 12.7. The highest BCUT2D eigenvalue weighted by molar-refractivity contribution is 5.86. The fraction of sp³-hybridized carbons (Fsp3) is 0.423. The molecule has 2 aromatic rings. The van der Waals surface area contributed by atoms with E-state index in [2.05, 4.69) is 71.0 Å². The number of hydrogen-bond donors (Lipinski definition) is 0. The molecule has 4 rings (SSSR count). The second kappa shape index (κ2) is 6.10. The van der Waals surface area contributed by atoms with Crippen molar-refractivity contribution >= 4 is 11.6 Å². The van der Waals surface area contributed by atoms with E-state index >= 15 is 0 Å². The molecule has 0 heterocycles. The lowest BCUT2D eigenvalue weighted by Crippen LogP contribution is -2.34. The zero-order valence-corrected chi connectivity index (χ0v) is 17.2. The number of fused-ring (bicyclic) bond motifs is 2. The minimum Gasteiger partial charge on any atom is -0.192 e. The quantitative estimate of drug-likeness (QED) is 0.558. The fourth-order valence-electron chi connectivity index (χ4n) is 4.82. The second-order valence-corrected chi connectivity index (χ2v) is 9.68. The van der Waals surface area contributed by atoms with Crippen LogP contribution >= 0.6 is 0 Å². The summed E-state index contributed by atoms with van der Waals surface area (Å²) in [6.07, 6.45) is 6.99. The van der Waals surface area contributed by atoms with Crippen LogP contribution in [0.5, 0.6) is 0 Å². The third kappa shape index (κ3) is 3.02. The maximum Gasteiger partial charge on any atom is 0.0991 e. The van der Waals surface area contributed by atoms with E-state index in [1.807, 2.05) is 6.07 Å². The molecule has 138 valence electrons. The van der Waals surface area contributed by atoms with Crippen molar-refractivity contribution in [2.75, 3.05) is 0 Å². The first kappa shape index (κ1) is 18.1. The molecule has 0 atom stereocenters. The molecule has 1 nitrogen and oxygen atoms in total. The van der Waals surface area contributed by atoms with Crippen LogP contribution in [-0.4, -0.2) is 0 Å². The molecule has 2 aliphatic rings. The van der Waals surface area contributed by atoms with Crippen molar-refractivity contribution in [3.8, 4) is 6.07 Å². The Labute approximate surface area is 163 Å². The normalized spacial score (nSPS) is 20.8. The van der Waals surface area contributed by atoms with Crippen LogP contribution < -0.4 is 0 Å². The van der Waals surface area contributed by atoms with Crippen LogP contribution in [0.4, 0.5) is 0 Å². The number of allylic oxidation sites excluding steroid dienone is 1. The summed E-state index contributed by atoms with van der Waals surface area (Å²) in [4.78, 5) is 0. The number of aryl methyl sites for hydroxylation is 2. The van der Waals surface area contributed by atoms with Gasteiger partial charge in [0.1, 0.15) is 0 Å². The van der Waals surface area contributed by atoms with Gasteiger partial charge in [0.15, 0.2) is 0 Å². The van der Waals surface area contributed by atoms with Gasteiger partial charge < -0.3 is 0 Å². The molecular weight excluding hydrogens is 326 g/mol. The van der Waals surface area contributed by atoms with E-state index < -0.39 is 0 Å². The zero-order chi connectivity index (χ0) is 19.4. The van der Waals surface area contributed by atoms with Gasteiger partial charge in [-0.2, -0.15) is 5.26 Å². The molecule has 0 amide bonds. The Morgan fingerprint density at radius 1 is 0.926 bits per heavy atom. The first-order valence-electron chi connectivity index (χ1n) is 10.1. The molecule has 0 N–H and O–H groups in total. The van der Waals surface area contributed by atoms with Gasteiger partial charge in [-0.05, 0) is 94.5 Å². The summed E-state index contributed by atoms with van der Waals surface area (Å²) < 4.78 is 0. The average Bonchev–Trinajstić information content (AvgIpc) is 3.02. The van der Waals surface area contributed by atoms with E-state index in [1.54, 1.807) is 0 Å². The summed E-state index contributed by atoms with van der Waals surface area (Å²) in [5.41, 5.74) is 11.1. The molecule has 0 aliphatic heterocycles. The van der Waals surface area contributed by atoms with Gasteiger partial charge in [0, 0.05) is 0 Å². The predicted molar refractivity (Wildman–Crippen MR) is 114 cm³/mol. The molecule has 0 spiro atoms. The van der Waals surface area contributed by atoms with Gasteiger partial charge in [-0.1, -0.05) is 52.0 Å². The van der Waals surface area contributed by atoms with Crippen LogP contribution in [0.15, 0.2) is 30.3 Å². The van der Waals surface area contributed by atoms with E-state index in [-0.39, 0.29) is 10.8 Å². The van der Waals surface area contributed by atoms with Crippen LogP contribution in [0, 0.1) is 18.3 Å². The van der Waals surface area contributed by atoms with Crippen molar-refractivity contribution in [1.29, 1.82) is 5.26 Å². The first-order valence-corrected chi connectivity index (χ1v) is 10.1. The van der Waals surface area contributed by atoms with Crippen molar-refractivity contribution in [2.24, 2.45) is 0 Å². The number of hydrogen-bond acceptors (Lipinski definition) is 1. The molecule has 1 heteroatoms. The van der Waals surface area contributed by atoms with Crippen molar-refractivity contribution in [1.82, 2.24) is 0 Å². The van der Waals surface area contributed by atoms with Crippen molar-refractivity contribution in [3.63, 3.8) is 0 Å². The Bertz CT molecular complexity index is 996. The van der Waals surface area contributed by atoms with Crippen LogP contribution in [0.3, 0.4) is 0 Å². The Morgan fingerprint density at radius 2 is 1.59 bits per heavy atom. The largest absolute Gasteiger partial charge is 0.192 e. The summed E-state index contributed by atoms with van der Waals surface area (Å²) in [5, 5.41) is 9.15. The number of nitriles is 1. The molecule has 27 heavy (non-hydrogen) atoms. The molecule has 2 aromatic carbocycles. The molecule has 0 unspecified atom stereocenters. The maximum atomic E-state index is 9.15. The van der Waals surface area contributed by atoms with Gasteiger partial charge in [-0.15, -0.1) is 0 Å². The summed E-state index contributed by atoms with van der Waals surface area (Å²) in [5.74, 6) is 0. The highest BCUT2D eigenvalue weighted by Crippen LogP contribution is 2.47. The van der Waals surface area contributed by atoms with Crippen LogP contribution in [0.1, 0.15) is 85.9 Å². The monoisotopic (exact) mass is 355 g/mol. The van der Waals surface area contributed by atoms with E-state index in [0.29, 0.717) is 0 Å². The summed E-state index contributed by atoms with van der Waals surface area (Å²) in [7, 11) is 0. The second-order valence-electron chi connectivity index (χ2n) is 9.68. The Kier molecular flexibility index (Phi) is 4.08. The lowest BCUT2D eigenvalue weighted by molar-refractivity contribution is 0.331. The van der Waals surface area contributed by atoms with Crippen LogP contribution in [0.2, 0.25) is 0 Å². The molecule has 0 saturated heterocycles. The van der Waals surface area contributed by atoms with Gasteiger partial charge in [-0.25, -0.2) is 0 Å². The van der Waals surface area contributed by atoms with E-state index in [4.69, 9.17) is 5.26 Å². The molecule has 0 aromatic heterocycles. The van der Waals surface area contributed by atoms with Crippen LogP contribution in [-0.2, 0) is 17.3 Å². The van der Waals surface area contributed by atoms with Gasteiger partial charge in [0.2, 0.25) is 0 Å². The van der Waals surface area contributed by atoms with Crippen molar-refractivity contribution < 1.29 is 0 Å². The molecule has 2 aliphatic carbocycles. The zero-order valence-electron chi connectivity index (χ0n) is 17.2. The van der Waals surface area contributed by atoms with Gasteiger partial charge >= 0.3 is 0 Å². The third-order valence-corrected chi connectivity index (χ3v) is 6.81. The molecule has 0 fully saturated rings. The smallest absolute Gasteiger partial charge is 0.0991 e. The van der Waals surface area contributed by atoms with E-state index in [0.717, 1.165) is 18.4 Å². The summed E-state index contributed by atoms with van der Waals surface area (Å²) in [6.45, 7) is 11.8. The Hall–Kier alpha value is -2.33. The number of benzene rings is 2. The third-order valence-electron chi connectivity index (χ3n) is 6.81. The van der Waals surface area contributed by atoms with Gasteiger partial charge in [0.25, 0.3) is 0 Å². The predicted octanol–water partition coefficient (Wildman–Crippen LogP) is 6.70. The number of nitrogens with zero attached hydrogens (tertiary/aromatic N) is 1. The Morgan fingerprint density at radius 3 is 2.26 bits per heavy atom. The standard InChI is InChI=1S/C26H29N/c1-17-12-23-24(26(4,5)11-10-25(23,2)3)15-21(17)14-20-8-7-19-13-18(16-27)6-9-22(19)20/h6,9,12-15H,7-8,10-11H2,1-5H3/b20-14+. The average molecular weight is 356 g/mol. The maximum absolute atomic E-state index is 9.15. The van der Waals surface area contributed by atoms with Crippen molar-refractivity contribution in [3.05, 3.63) is 69.3 Å². The van der Waals surface area contributed by atoms with E-state index in [9.17, 15) is 0 Å². The fourth-order valence-corrected chi connectivity index (χ4v) is 4.82. The molecular formula is C26H29N. The minimum atomic E-state index is 0.237. The van der Waals surface area contributed by atoms with E-state index in [1.165, 1.54) is 51.8 Å². The molecule has 0 radical (unpaired) electrons. The highest BCUT2D eigenvalue weighted by atomic mass is 14.4. The molecule has 0 saturated carbocycles. The number of rotatable bonds is 1. The minimum absolute atomic E-state index is 0.237. The molecule has 0 bridgehead atoms. The topological polar surface area (TPSA) is 23.8 Å². The van der Waals surface area contributed by atoms with Gasteiger partial charge in [-0.3, -0.25) is 0 Å². The van der Waals surface area contributed by atoms with Crippen LogP contribution in [0.25, 0.3) is 11.6 Å². The Balaban J connectivity index is 1.82. The lowest BCUT2D eigenvalue weighted by Gasteiger charge is -2.42. The highest BCUT2D eigenvalue weighted by Gasteiger charge is 2.37. The summed E-state index contributed by atoms with van der Waals surface area (Å²) >= 11 is 0. The SMILES string of the molecule is Cc1cc2c(cc1/C=C1\CCc3cc(C#N)ccc31)C(C)(C)CCC2(C)C. The lowest BCUT2D eigenvalue weighted by atomic mass is 9.62. The summed E-state index contributed by atoms with van der Waals surface area (Å²) in [6, 6.07) is 13.3. The van der Waals surface area contributed by atoms with Crippen molar-refractivity contribution in [2.45, 2.75) is 71.1 Å². The van der Waals surface area contributed by atoms with Gasteiger partial charge in [0.05, 0.1) is 11.6 Å².